The second-order valence-electron chi connectivity index (χ2n) is 4.31. The standard InChI is InChI=1S/C14H10Br2N2O/c15-8-1-4-10(5-2-8)17-13-11-6-3-9(16)7-12(11)18-14(13)19/h1-7,13,17H,(H,18,19). The number of hydrogen-bond acceptors (Lipinski definition) is 2. The molecule has 1 unspecified atom stereocenters. The number of fused-ring (bicyclic) bond motifs is 1. The van der Waals surface area contributed by atoms with Gasteiger partial charge in [0.15, 0.2) is 0 Å². The predicted molar refractivity (Wildman–Crippen MR) is 83.3 cm³/mol. The van der Waals surface area contributed by atoms with E-state index in [-0.39, 0.29) is 11.9 Å². The lowest BCUT2D eigenvalue weighted by atomic mass is 10.1. The third-order valence-corrected chi connectivity index (χ3v) is 4.02. The summed E-state index contributed by atoms with van der Waals surface area (Å²) in [6.07, 6.45) is 0. The Morgan fingerprint density at radius 3 is 2.42 bits per heavy atom. The van der Waals surface area contributed by atoms with Crippen LogP contribution >= 0.6 is 31.9 Å². The first-order valence-electron chi connectivity index (χ1n) is 5.76. The predicted octanol–water partition coefficient (Wildman–Crippen LogP) is 4.32. The average molecular weight is 382 g/mol. The zero-order chi connectivity index (χ0) is 13.4. The molecule has 0 saturated carbocycles. The molecule has 2 N–H and O–H groups in total. The number of benzene rings is 2. The third kappa shape index (κ3) is 2.53. The smallest absolute Gasteiger partial charge is 0.251 e. The largest absolute Gasteiger partial charge is 0.370 e. The molecular weight excluding hydrogens is 372 g/mol. The van der Waals surface area contributed by atoms with Gasteiger partial charge in [-0.1, -0.05) is 37.9 Å². The lowest BCUT2D eigenvalue weighted by molar-refractivity contribution is -0.116. The lowest BCUT2D eigenvalue weighted by Crippen LogP contribution is -2.19. The van der Waals surface area contributed by atoms with Gasteiger partial charge < -0.3 is 10.6 Å². The molecule has 0 fully saturated rings. The van der Waals surface area contributed by atoms with Crippen molar-refractivity contribution in [3.8, 4) is 0 Å². The SMILES string of the molecule is O=C1Nc2cc(Br)ccc2C1Nc1ccc(Br)cc1. The number of nitrogens with one attached hydrogen (secondary N) is 2. The maximum Gasteiger partial charge on any atom is 0.251 e. The summed E-state index contributed by atoms with van der Waals surface area (Å²) in [5, 5.41) is 6.12. The number of anilines is 2. The Bertz CT molecular complexity index is 640. The van der Waals surface area contributed by atoms with E-state index in [1.165, 1.54) is 0 Å². The molecule has 1 aliphatic heterocycles. The van der Waals surface area contributed by atoms with Gasteiger partial charge in [0.1, 0.15) is 6.04 Å². The highest BCUT2D eigenvalue weighted by Gasteiger charge is 2.30. The zero-order valence-corrected chi connectivity index (χ0v) is 13.0. The molecule has 1 amide bonds. The molecule has 1 atom stereocenters. The van der Waals surface area contributed by atoms with Crippen LogP contribution in [0.3, 0.4) is 0 Å². The summed E-state index contributed by atoms with van der Waals surface area (Å²) < 4.78 is 1.97. The highest BCUT2D eigenvalue weighted by atomic mass is 79.9. The van der Waals surface area contributed by atoms with Crippen molar-refractivity contribution in [2.75, 3.05) is 10.6 Å². The van der Waals surface area contributed by atoms with Crippen LogP contribution in [-0.4, -0.2) is 5.91 Å². The van der Waals surface area contributed by atoms with Gasteiger partial charge in [0.25, 0.3) is 5.91 Å². The van der Waals surface area contributed by atoms with E-state index in [1.54, 1.807) is 0 Å². The van der Waals surface area contributed by atoms with Gasteiger partial charge in [-0.3, -0.25) is 4.79 Å². The molecule has 5 heteroatoms. The summed E-state index contributed by atoms with van der Waals surface area (Å²) in [6.45, 7) is 0. The molecular formula is C14H10Br2N2O. The molecule has 0 radical (unpaired) electrons. The second-order valence-corrected chi connectivity index (χ2v) is 6.14. The second kappa shape index (κ2) is 4.98. The van der Waals surface area contributed by atoms with E-state index in [0.29, 0.717) is 0 Å². The first-order valence-corrected chi connectivity index (χ1v) is 7.34. The normalized spacial score (nSPS) is 16.9. The van der Waals surface area contributed by atoms with E-state index < -0.39 is 0 Å². The van der Waals surface area contributed by atoms with E-state index >= 15 is 0 Å². The highest BCUT2D eigenvalue weighted by Crippen LogP contribution is 2.35. The van der Waals surface area contributed by atoms with Crippen molar-refractivity contribution in [1.82, 2.24) is 0 Å². The molecule has 1 heterocycles. The first kappa shape index (κ1) is 12.7. The van der Waals surface area contributed by atoms with Crippen LogP contribution in [0, 0.1) is 0 Å². The van der Waals surface area contributed by atoms with Crippen LogP contribution in [0.2, 0.25) is 0 Å². The molecule has 0 bridgehead atoms. The summed E-state index contributed by atoms with van der Waals surface area (Å²) in [4.78, 5) is 12.0. The van der Waals surface area contributed by atoms with Crippen LogP contribution in [0.25, 0.3) is 0 Å². The summed E-state index contributed by atoms with van der Waals surface area (Å²) in [7, 11) is 0. The monoisotopic (exact) mass is 380 g/mol. The fourth-order valence-electron chi connectivity index (χ4n) is 2.09. The fourth-order valence-corrected chi connectivity index (χ4v) is 2.72. The van der Waals surface area contributed by atoms with Crippen molar-refractivity contribution >= 4 is 49.1 Å². The zero-order valence-electron chi connectivity index (χ0n) is 9.78. The molecule has 3 nitrogen and oxygen atoms in total. The van der Waals surface area contributed by atoms with Crippen LogP contribution < -0.4 is 10.6 Å². The Morgan fingerprint density at radius 2 is 1.68 bits per heavy atom. The number of amides is 1. The topological polar surface area (TPSA) is 41.1 Å². The molecule has 0 aliphatic carbocycles. The van der Waals surface area contributed by atoms with Gasteiger partial charge >= 0.3 is 0 Å². The van der Waals surface area contributed by atoms with E-state index in [1.807, 2.05) is 42.5 Å². The fraction of sp³-hybridized carbons (Fsp3) is 0.0714. The van der Waals surface area contributed by atoms with Crippen molar-refractivity contribution in [3.05, 3.63) is 57.0 Å². The Balaban J connectivity index is 1.90. The van der Waals surface area contributed by atoms with Gasteiger partial charge in [-0.2, -0.15) is 0 Å². The van der Waals surface area contributed by atoms with E-state index in [2.05, 4.69) is 42.5 Å². The van der Waals surface area contributed by atoms with E-state index in [9.17, 15) is 4.79 Å². The van der Waals surface area contributed by atoms with Crippen molar-refractivity contribution in [3.63, 3.8) is 0 Å². The van der Waals surface area contributed by atoms with E-state index in [0.717, 1.165) is 25.9 Å². The van der Waals surface area contributed by atoms with Gasteiger partial charge in [0.05, 0.1) is 0 Å². The van der Waals surface area contributed by atoms with Crippen LogP contribution in [0.5, 0.6) is 0 Å². The minimum Gasteiger partial charge on any atom is -0.370 e. The van der Waals surface area contributed by atoms with Crippen LogP contribution in [0.1, 0.15) is 11.6 Å². The number of rotatable bonds is 2. The van der Waals surface area contributed by atoms with Gasteiger partial charge in [0, 0.05) is 25.9 Å². The number of carbonyl (C=O) groups is 1. The Hall–Kier alpha value is -1.33. The number of hydrogen-bond donors (Lipinski definition) is 2. The third-order valence-electron chi connectivity index (χ3n) is 3.00. The van der Waals surface area contributed by atoms with Crippen molar-refractivity contribution < 1.29 is 4.79 Å². The van der Waals surface area contributed by atoms with Crippen LogP contribution in [0.4, 0.5) is 11.4 Å². The van der Waals surface area contributed by atoms with Crippen molar-refractivity contribution in [2.45, 2.75) is 6.04 Å². The highest BCUT2D eigenvalue weighted by molar-refractivity contribution is 9.10. The van der Waals surface area contributed by atoms with Crippen LogP contribution in [-0.2, 0) is 4.79 Å². The molecule has 2 aromatic rings. The van der Waals surface area contributed by atoms with Gasteiger partial charge in [-0.15, -0.1) is 0 Å². The van der Waals surface area contributed by atoms with Crippen molar-refractivity contribution in [1.29, 1.82) is 0 Å². The molecule has 0 saturated heterocycles. The van der Waals surface area contributed by atoms with Gasteiger partial charge in [0.2, 0.25) is 0 Å². The quantitative estimate of drug-likeness (QED) is 0.813. The van der Waals surface area contributed by atoms with Crippen LogP contribution in [0.15, 0.2) is 51.4 Å². The summed E-state index contributed by atoms with van der Waals surface area (Å²) >= 11 is 6.79. The first-order chi connectivity index (χ1) is 9.13. The molecule has 3 rings (SSSR count). The summed E-state index contributed by atoms with van der Waals surface area (Å²) in [5.74, 6) is -0.0315. The Labute approximate surface area is 127 Å². The molecule has 2 aromatic carbocycles. The molecule has 96 valence electrons. The minimum atomic E-state index is -0.343. The lowest BCUT2D eigenvalue weighted by Gasteiger charge is -2.13. The number of carbonyl (C=O) groups excluding carboxylic acids is 1. The summed E-state index contributed by atoms with van der Waals surface area (Å²) in [6, 6.07) is 13.2. The molecule has 1 aliphatic rings. The van der Waals surface area contributed by atoms with E-state index in [4.69, 9.17) is 0 Å². The maximum absolute atomic E-state index is 12.0. The van der Waals surface area contributed by atoms with Gasteiger partial charge in [-0.25, -0.2) is 0 Å². The van der Waals surface area contributed by atoms with Gasteiger partial charge in [-0.05, 0) is 36.4 Å². The Kier molecular flexibility index (Phi) is 3.33. The maximum atomic E-state index is 12.0. The molecule has 19 heavy (non-hydrogen) atoms. The Morgan fingerprint density at radius 1 is 1.00 bits per heavy atom. The number of halogens is 2. The van der Waals surface area contributed by atoms with Crippen molar-refractivity contribution in [2.24, 2.45) is 0 Å². The molecule has 0 spiro atoms. The molecule has 0 aromatic heterocycles. The minimum absolute atomic E-state index is 0.0315. The average Bonchev–Trinajstić information content (AvgIpc) is 2.68. The summed E-state index contributed by atoms with van der Waals surface area (Å²) in [5.41, 5.74) is 2.74.